The van der Waals surface area contributed by atoms with Gasteiger partial charge < -0.3 is 23.8 Å². The number of likely N-dealkylation sites (tertiary alicyclic amines) is 1. The van der Waals surface area contributed by atoms with Gasteiger partial charge in [0.1, 0.15) is 35.9 Å². The van der Waals surface area contributed by atoms with Crippen LogP contribution >= 0.6 is 0 Å². The molecular formula is C32H42F2N2O6. The van der Waals surface area contributed by atoms with E-state index >= 15 is 0 Å². The third kappa shape index (κ3) is 8.05. The molecule has 2 saturated heterocycles. The summed E-state index contributed by atoms with van der Waals surface area (Å²) in [6.07, 6.45) is -0.210. The smallest absolute Gasteiger partial charge is 0.410 e. The molecule has 8 nitrogen and oxygen atoms in total. The highest BCUT2D eigenvalue weighted by Gasteiger charge is 2.54. The fourth-order valence-corrected chi connectivity index (χ4v) is 5.98. The van der Waals surface area contributed by atoms with Crippen LogP contribution in [0.5, 0.6) is 0 Å². The quantitative estimate of drug-likeness (QED) is 0.286. The molecule has 0 N–H and O–H groups in total. The van der Waals surface area contributed by atoms with E-state index in [4.69, 9.17) is 18.9 Å². The lowest BCUT2D eigenvalue weighted by Crippen LogP contribution is -2.58. The van der Waals surface area contributed by atoms with Gasteiger partial charge >= 0.3 is 6.09 Å². The topological polar surface area (TPSA) is 77.5 Å². The summed E-state index contributed by atoms with van der Waals surface area (Å²) in [4.78, 5) is 29.7. The van der Waals surface area contributed by atoms with Gasteiger partial charge in [0.15, 0.2) is 0 Å². The molecule has 0 aromatic heterocycles. The maximum absolute atomic E-state index is 14.1. The van der Waals surface area contributed by atoms with E-state index < -0.39 is 47.2 Å². The first-order valence-corrected chi connectivity index (χ1v) is 14.4. The second-order valence-corrected chi connectivity index (χ2v) is 12.5. The number of amides is 2. The number of piperidine rings is 1. The molecular weight excluding hydrogens is 546 g/mol. The van der Waals surface area contributed by atoms with E-state index in [-0.39, 0.29) is 31.8 Å². The molecule has 2 aliphatic rings. The zero-order chi connectivity index (χ0) is 30.7. The minimum atomic E-state index is -1.01. The first-order chi connectivity index (χ1) is 19.7. The maximum atomic E-state index is 14.1. The minimum Gasteiger partial charge on any atom is -0.444 e. The van der Waals surface area contributed by atoms with Gasteiger partial charge in [-0.1, -0.05) is 30.3 Å². The number of carbonyl (C=O) groups excluding carboxylic acids is 2. The molecule has 2 amide bonds. The first-order valence-electron chi connectivity index (χ1n) is 14.4. The van der Waals surface area contributed by atoms with Crippen LogP contribution in [0.4, 0.5) is 13.6 Å². The highest BCUT2D eigenvalue weighted by molar-refractivity contribution is 5.75. The largest absolute Gasteiger partial charge is 0.444 e. The number of rotatable bonds is 8. The minimum absolute atomic E-state index is 0.0607. The van der Waals surface area contributed by atoms with Crippen molar-refractivity contribution in [2.45, 2.75) is 103 Å². The molecule has 230 valence electrons. The number of halogens is 2. The fourth-order valence-electron chi connectivity index (χ4n) is 5.98. The van der Waals surface area contributed by atoms with Crippen molar-refractivity contribution in [2.75, 3.05) is 13.3 Å². The second kappa shape index (κ2) is 13.1. The van der Waals surface area contributed by atoms with E-state index in [9.17, 15) is 18.4 Å². The predicted molar refractivity (Wildman–Crippen MR) is 152 cm³/mol. The van der Waals surface area contributed by atoms with E-state index in [1.54, 1.807) is 44.4 Å². The average molecular weight is 589 g/mol. The number of benzene rings is 2. The number of hydrogen-bond donors (Lipinski definition) is 0. The lowest BCUT2D eigenvalue weighted by Gasteiger charge is -2.43. The summed E-state index contributed by atoms with van der Waals surface area (Å²) < 4.78 is 52.2. The van der Waals surface area contributed by atoms with Crippen molar-refractivity contribution in [1.29, 1.82) is 0 Å². The molecule has 1 unspecified atom stereocenters. The van der Waals surface area contributed by atoms with Crippen molar-refractivity contribution >= 4 is 12.0 Å². The molecule has 10 heteroatoms. The molecule has 4 rings (SSSR count). The molecule has 0 saturated carbocycles. The summed E-state index contributed by atoms with van der Waals surface area (Å²) in [5.41, 5.74) is -0.328. The van der Waals surface area contributed by atoms with Crippen LogP contribution < -0.4 is 0 Å². The standard InChI is InChI=1S/C32H42F2N2O6/c1-21(37)36-28(16-23-14-24(33)17-25(34)15-23)29(41-32(36,5)6)27-13-12-26(18-35(27)30(38)42-31(2,3)4)40-20-39-19-22-10-8-7-9-11-22/h7-11,14-15,17,26-29H,12-13,16,18-20H2,1-6H3/t26-,27?,28+,29-/m1/s1. The SMILES string of the molecule is CC(=O)N1[C@@H](Cc2cc(F)cc(F)c2)[C@@H](C2CC[C@@H](OCOCc3ccccc3)CN2C(=O)OC(C)(C)C)OC1(C)C. The van der Waals surface area contributed by atoms with Crippen LogP contribution in [0.2, 0.25) is 0 Å². The molecule has 0 aliphatic carbocycles. The van der Waals surface area contributed by atoms with Crippen LogP contribution in [0.3, 0.4) is 0 Å². The van der Waals surface area contributed by atoms with Crippen molar-refractivity contribution < 1.29 is 37.3 Å². The van der Waals surface area contributed by atoms with Gasteiger partial charge in [0.25, 0.3) is 0 Å². The van der Waals surface area contributed by atoms with Gasteiger partial charge in [-0.3, -0.25) is 9.69 Å². The van der Waals surface area contributed by atoms with Crippen LogP contribution in [0.15, 0.2) is 48.5 Å². The van der Waals surface area contributed by atoms with Gasteiger partial charge in [-0.2, -0.15) is 0 Å². The molecule has 42 heavy (non-hydrogen) atoms. The van der Waals surface area contributed by atoms with Crippen LogP contribution in [-0.4, -0.2) is 70.8 Å². The lowest BCUT2D eigenvalue weighted by atomic mass is 9.89. The number of ether oxygens (including phenoxy) is 4. The Labute approximate surface area is 246 Å². The van der Waals surface area contributed by atoms with Gasteiger partial charge in [0, 0.05) is 13.0 Å². The van der Waals surface area contributed by atoms with Crippen LogP contribution in [0.25, 0.3) is 0 Å². The van der Waals surface area contributed by atoms with Crippen LogP contribution in [-0.2, 0) is 36.8 Å². The normalized spacial score (nSPS) is 24.1. The molecule has 2 heterocycles. The molecule has 0 spiro atoms. The van der Waals surface area contributed by atoms with Gasteiger partial charge in [0.2, 0.25) is 5.91 Å². The highest BCUT2D eigenvalue weighted by atomic mass is 19.1. The van der Waals surface area contributed by atoms with Crippen molar-refractivity contribution in [3.05, 3.63) is 71.3 Å². The summed E-state index contributed by atoms with van der Waals surface area (Å²) in [6.45, 7) is 11.1. The Kier molecular flexibility index (Phi) is 9.90. The Hall–Kier alpha value is -3.08. The van der Waals surface area contributed by atoms with E-state index in [0.29, 0.717) is 25.0 Å². The van der Waals surface area contributed by atoms with E-state index in [2.05, 4.69) is 0 Å². The van der Waals surface area contributed by atoms with Crippen molar-refractivity contribution in [2.24, 2.45) is 0 Å². The van der Waals surface area contributed by atoms with Crippen molar-refractivity contribution in [3.63, 3.8) is 0 Å². The van der Waals surface area contributed by atoms with Gasteiger partial charge in [0.05, 0.1) is 31.3 Å². The first kappa shape index (κ1) is 31.8. The Morgan fingerprint density at radius 2 is 1.69 bits per heavy atom. The summed E-state index contributed by atoms with van der Waals surface area (Å²) >= 11 is 0. The van der Waals surface area contributed by atoms with Crippen molar-refractivity contribution in [3.8, 4) is 0 Å². The molecule has 2 aliphatic heterocycles. The second-order valence-electron chi connectivity index (χ2n) is 12.5. The molecule has 0 radical (unpaired) electrons. The van der Waals surface area contributed by atoms with Gasteiger partial charge in [-0.05, 0) is 77.1 Å². The Morgan fingerprint density at radius 3 is 2.31 bits per heavy atom. The zero-order valence-corrected chi connectivity index (χ0v) is 25.3. The molecule has 0 bridgehead atoms. The Bertz CT molecular complexity index is 1220. The number of hydrogen-bond acceptors (Lipinski definition) is 6. The maximum Gasteiger partial charge on any atom is 0.410 e. The summed E-state index contributed by atoms with van der Waals surface area (Å²) in [6, 6.07) is 12.0. The van der Waals surface area contributed by atoms with Crippen molar-refractivity contribution in [1.82, 2.24) is 9.80 Å². The Balaban J connectivity index is 1.55. The zero-order valence-electron chi connectivity index (χ0n) is 25.3. The van der Waals surface area contributed by atoms with Gasteiger partial charge in [-0.15, -0.1) is 0 Å². The molecule has 2 aromatic carbocycles. The van der Waals surface area contributed by atoms with E-state index in [0.717, 1.165) is 11.6 Å². The van der Waals surface area contributed by atoms with Crippen LogP contribution in [0.1, 0.15) is 65.5 Å². The number of carbonyl (C=O) groups is 2. The lowest BCUT2D eigenvalue weighted by molar-refractivity contribution is -0.149. The van der Waals surface area contributed by atoms with E-state index in [1.807, 2.05) is 30.3 Å². The third-order valence-electron chi connectivity index (χ3n) is 7.51. The summed E-state index contributed by atoms with van der Waals surface area (Å²) in [5, 5.41) is 0. The molecule has 2 aromatic rings. The predicted octanol–water partition coefficient (Wildman–Crippen LogP) is 5.82. The fraction of sp³-hybridized carbons (Fsp3) is 0.562. The Morgan fingerprint density at radius 1 is 1.02 bits per heavy atom. The number of nitrogens with zero attached hydrogens (tertiary/aromatic N) is 2. The monoisotopic (exact) mass is 588 g/mol. The summed E-state index contributed by atoms with van der Waals surface area (Å²) in [7, 11) is 0. The van der Waals surface area contributed by atoms with E-state index in [1.165, 1.54) is 19.1 Å². The van der Waals surface area contributed by atoms with Gasteiger partial charge in [-0.25, -0.2) is 13.6 Å². The summed E-state index contributed by atoms with van der Waals surface area (Å²) in [5.74, 6) is -1.63. The molecule has 2 fully saturated rings. The van der Waals surface area contributed by atoms with Crippen LogP contribution in [0, 0.1) is 11.6 Å². The highest BCUT2D eigenvalue weighted by Crippen LogP contribution is 2.39. The third-order valence-corrected chi connectivity index (χ3v) is 7.51. The molecule has 4 atom stereocenters. The average Bonchev–Trinajstić information content (AvgIpc) is 3.15.